The van der Waals surface area contributed by atoms with Gasteiger partial charge in [-0.15, -0.1) is 0 Å². The fourth-order valence-electron chi connectivity index (χ4n) is 1.95. The molecule has 2 rings (SSSR count). The third kappa shape index (κ3) is 3.80. The van der Waals surface area contributed by atoms with Crippen molar-refractivity contribution in [2.45, 2.75) is 13.0 Å². The van der Waals surface area contributed by atoms with Crippen LogP contribution in [0.5, 0.6) is 5.75 Å². The van der Waals surface area contributed by atoms with Crippen LogP contribution in [-0.2, 0) is 9.59 Å². The number of rotatable bonds is 6. The Kier molecular flexibility index (Phi) is 5.57. The number of ether oxygens (including phenoxy) is 1. The summed E-state index contributed by atoms with van der Waals surface area (Å²) in [5.74, 6) is -0.894. The summed E-state index contributed by atoms with van der Waals surface area (Å²) >= 11 is 6.21. The largest absolute Gasteiger partial charge is 0.489 e. The highest BCUT2D eigenvalue weighted by Gasteiger charge is 2.38. The second kappa shape index (κ2) is 7.43. The van der Waals surface area contributed by atoms with Gasteiger partial charge in [-0.05, 0) is 19.1 Å². The molecule has 1 aromatic carbocycles. The van der Waals surface area contributed by atoms with Crippen LogP contribution in [0, 0.1) is 0 Å². The molecule has 1 aliphatic heterocycles. The number of hydrogen-bond acceptors (Lipinski definition) is 5. The average Bonchev–Trinajstić information content (AvgIpc) is 2.79. The summed E-state index contributed by atoms with van der Waals surface area (Å²) in [7, 11) is 0. The SMILES string of the molecule is C=CCOc1ccccc1C=C1SC(=S)N(C(C)C(=O)O)C1=O. The Hall–Kier alpha value is -2.12. The van der Waals surface area contributed by atoms with Gasteiger partial charge in [0.25, 0.3) is 5.91 Å². The van der Waals surface area contributed by atoms with E-state index in [-0.39, 0.29) is 4.32 Å². The van der Waals surface area contributed by atoms with Crippen molar-refractivity contribution in [3.63, 3.8) is 0 Å². The third-order valence-electron chi connectivity index (χ3n) is 3.13. The van der Waals surface area contributed by atoms with Gasteiger partial charge in [0, 0.05) is 5.56 Å². The highest BCUT2D eigenvalue weighted by Crippen LogP contribution is 2.35. The van der Waals surface area contributed by atoms with Gasteiger partial charge in [0.05, 0.1) is 4.91 Å². The summed E-state index contributed by atoms with van der Waals surface area (Å²) < 4.78 is 5.78. The number of thiocarbonyl (C=S) groups is 1. The van der Waals surface area contributed by atoms with Crippen LogP contribution >= 0.6 is 24.0 Å². The van der Waals surface area contributed by atoms with Crippen LogP contribution < -0.4 is 4.74 Å². The van der Waals surface area contributed by atoms with Crippen molar-refractivity contribution < 1.29 is 19.4 Å². The summed E-state index contributed by atoms with van der Waals surface area (Å²) in [5.41, 5.74) is 0.720. The number of nitrogens with zero attached hydrogens (tertiary/aromatic N) is 1. The molecule has 1 aromatic rings. The van der Waals surface area contributed by atoms with Crippen LogP contribution in [0.4, 0.5) is 0 Å². The maximum atomic E-state index is 12.4. The van der Waals surface area contributed by atoms with Crippen molar-refractivity contribution in [3.8, 4) is 5.75 Å². The average molecular weight is 349 g/mol. The Labute approximate surface area is 143 Å². The Morgan fingerprint density at radius 3 is 2.87 bits per heavy atom. The molecule has 1 unspecified atom stereocenters. The Morgan fingerprint density at radius 2 is 2.22 bits per heavy atom. The Bertz CT molecular complexity index is 699. The van der Waals surface area contributed by atoms with Gasteiger partial charge in [-0.1, -0.05) is 54.8 Å². The zero-order valence-electron chi connectivity index (χ0n) is 12.4. The number of thioether (sulfide) groups is 1. The normalized spacial score (nSPS) is 17.4. The molecular formula is C16H15NO4S2. The van der Waals surface area contributed by atoms with Crippen molar-refractivity contribution >= 4 is 46.3 Å². The summed E-state index contributed by atoms with van der Waals surface area (Å²) in [6.45, 7) is 5.38. The van der Waals surface area contributed by atoms with E-state index in [1.807, 2.05) is 18.2 Å². The van der Waals surface area contributed by atoms with Crippen LogP contribution in [0.3, 0.4) is 0 Å². The second-order valence-corrected chi connectivity index (χ2v) is 6.38. The van der Waals surface area contributed by atoms with E-state index in [1.165, 1.54) is 6.92 Å². The maximum absolute atomic E-state index is 12.4. The molecular weight excluding hydrogens is 334 g/mol. The molecule has 1 amide bonds. The van der Waals surface area contributed by atoms with E-state index in [1.54, 1.807) is 18.2 Å². The summed E-state index contributed by atoms with van der Waals surface area (Å²) in [5, 5.41) is 9.08. The van der Waals surface area contributed by atoms with E-state index in [4.69, 9.17) is 22.1 Å². The zero-order chi connectivity index (χ0) is 17.0. The van der Waals surface area contributed by atoms with Crippen molar-refractivity contribution in [2.24, 2.45) is 0 Å². The number of para-hydroxylation sites is 1. The van der Waals surface area contributed by atoms with E-state index in [9.17, 15) is 9.59 Å². The maximum Gasteiger partial charge on any atom is 0.326 e. The molecule has 1 heterocycles. The smallest absolute Gasteiger partial charge is 0.326 e. The highest BCUT2D eigenvalue weighted by molar-refractivity contribution is 8.26. The molecule has 1 atom stereocenters. The lowest BCUT2D eigenvalue weighted by Crippen LogP contribution is -2.41. The number of benzene rings is 1. The van der Waals surface area contributed by atoms with E-state index < -0.39 is 17.9 Å². The lowest BCUT2D eigenvalue weighted by atomic mass is 10.2. The lowest BCUT2D eigenvalue weighted by molar-refractivity contribution is -0.144. The predicted molar refractivity (Wildman–Crippen MR) is 94.2 cm³/mol. The summed E-state index contributed by atoms with van der Waals surface area (Å²) in [6.07, 6.45) is 3.29. The number of carboxylic acid groups (broad SMARTS) is 1. The molecule has 23 heavy (non-hydrogen) atoms. The molecule has 1 N–H and O–H groups in total. The molecule has 0 aromatic heterocycles. The first-order valence-corrected chi connectivity index (χ1v) is 8.00. The molecule has 5 nitrogen and oxygen atoms in total. The van der Waals surface area contributed by atoms with Crippen LogP contribution in [0.25, 0.3) is 6.08 Å². The topological polar surface area (TPSA) is 66.8 Å². The molecule has 1 fully saturated rings. The molecule has 0 aliphatic carbocycles. The quantitative estimate of drug-likeness (QED) is 0.484. The standard InChI is InChI=1S/C16H15NO4S2/c1-3-8-21-12-7-5-4-6-11(12)9-13-14(18)17(16(22)23-13)10(2)15(19)20/h3-7,9-10H,1,8H2,2H3,(H,19,20). The van der Waals surface area contributed by atoms with Gasteiger partial charge in [-0.2, -0.15) is 0 Å². The zero-order valence-corrected chi connectivity index (χ0v) is 14.0. The number of aliphatic carboxylic acids is 1. The van der Waals surface area contributed by atoms with Crippen LogP contribution in [0.1, 0.15) is 12.5 Å². The minimum Gasteiger partial charge on any atom is -0.489 e. The first kappa shape index (κ1) is 17.2. The predicted octanol–water partition coefficient (Wildman–Crippen LogP) is 2.93. The van der Waals surface area contributed by atoms with E-state index in [0.717, 1.165) is 22.2 Å². The highest BCUT2D eigenvalue weighted by atomic mass is 32.2. The molecule has 0 spiro atoms. The molecule has 120 valence electrons. The molecule has 0 saturated carbocycles. The van der Waals surface area contributed by atoms with E-state index in [0.29, 0.717) is 17.3 Å². The Morgan fingerprint density at radius 1 is 1.52 bits per heavy atom. The van der Waals surface area contributed by atoms with Crippen LogP contribution in [-0.4, -0.2) is 38.9 Å². The van der Waals surface area contributed by atoms with Gasteiger partial charge in [0.15, 0.2) is 0 Å². The van der Waals surface area contributed by atoms with Crippen molar-refractivity contribution in [3.05, 3.63) is 47.4 Å². The van der Waals surface area contributed by atoms with Crippen LogP contribution in [0.15, 0.2) is 41.8 Å². The number of amides is 1. The third-order valence-corrected chi connectivity index (χ3v) is 4.46. The summed E-state index contributed by atoms with van der Waals surface area (Å²) in [4.78, 5) is 25.0. The van der Waals surface area contributed by atoms with E-state index >= 15 is 0 Å². The molecule has 0 radical (unpaired) electrons. The minimum absolute atomic E-state index is 0.237. The van der Waals surface area contributed by atoms with Gasteiger partial charge in [0.2, 0.25) is 0 Å². The Balaban J connectivity index is 2.31. The van der Waals surface area contributed by atoms with Crippen molar-refractivity contribution in [1.82, 2.24) is 4.90 Å². The fourth-order valence-corrected chi connectivity index (χ4v) is 3.35. The first-order chi connectivity index (χ1) is 11.0. The van der Waals surface area contributed by atoms with Gasteiger partial charge in [-0.25, -0.2) is 4.79 Å². The molecule has 1 aliphatic rings. The van der Waals surface area contributed by atoms with Gasteiger partial charge < -0.3 is 9.84 Å². The minimum atomic E-state index is -1.10. The second-order valence-electron chi connectivity index (χ2n) is 4.70. The lowest BCUT2D eigenvalue weighted by Gasteiger charge is -2.18. The number of hydrogen-bond donors (Lipinski definition) is 1. The van der Waals surface area contributed by atoms with Crippen molar-refractivity contribution in [1.29, 1.82) is 0 Å². The van der Waals surface area contributed by atoms with Gasteiger partial charge in [-0.3, -0.25) is 9.69 Å². The molecule has 7 heteroatoms. The van der Waals surface area contributed by atoms with Gasteiger partial charge >= 0.3 is 5.97 Å². The molecule has 0 bridgehead atoms. The monoisotopic (exact) mass is 349 g/mol. The summed E-state index contributed by atoms with van der Waals surface area (Å²) in [6, 6.07) is 6.25. The van der Waals surface area contributed by atoms with Crippen LogP contribution in [0.2, 0.25) is 0 Å². The number of carboxylic acids is 1. The first-order valence-electron chi connectivity index (χ1n) is 6.78. The van der Waals surface area contributed by atoms with E-state index in [2.05, 4.69) is 6.58 Å². The number of carbonyl (C=O) groups is 2. The number of carbonyl (C=O) groups excluding carboxylic acids is 1. The fraction of sp³-hybridized carbons (Fsp3) is 0.188. The van der Waals surface area contributed by atoms with Crippen molar-refractivity contribution in [2.75, 3.05) is 6.61 Å². The van der Waals surface area contributed by atoms with Gasteiger partial charge in [0.1, 0.15) is 22.7 Å². The molecule has 1 saturated heterocycles.